The first-order valence-corrected chi connectivity index (χ1v) is 9.74. The first-order valence-electron chi connectivity index (χ1n) is 9.74. The van der Waals surface area contributed by atoms with Gasteiger partial charge in [-0.2, -0.15) is 0 Å². The Morgan fingerprint density at radius 1 is 1.04 bits per heavy atom. The zero-order valence-corrected chi connectivity index (χ0v) is 16.5. The van der Waals surface area contributed by atoms with E-state index < -0.39 is 0 Å². The summed E-state index contributed by atoms with van der Waals surface area (Å²) in [6.07, 6.45) is 1.64. The molecule has 0 bridgehead atoms. The molecule has 1 atom stereocenters. The van der Waals surface area contributed by atoms with E-state index in [1.165, 1.54) is 0 Å². The average molecular weight is 360 g/mol. The van der Waals surface area contributed by atoms with Crippen LogP contribution in [0.2, 0.25) is 0 Å². The number of nitrogens with one attached hydrogen (secondary N) is 2. The highest BCUT2D eigenvalue weighted by atomic mass is 16.2. The van der Waals surface area contributed by atoms with Crippen LogP contribution < -0.4 is 10.6 Å². The predicted molar refractivity (Wildman–Crippen MR) is 105 cm³/mol. The normalized spacial score (nSPS) is 17.3. The molecule has 1 aliphatic heterocycles. The summed E-state index contributed by atoms with van der Waals surface area (Å²) in [6.45, 7) is 10.2. The molecule has 0 aliphatic carbocycles. The number of likely N-dealkylation sites (tertiary alicyclic amines) is 1. The van der Waals surface area contributed by atoms with Crippen LogP contribution in [0.4, 0.5) is 0 Å². The Morgan fingerprint density at radius 3 is 2.19 bits per heavy atom. The van der Waals surface area contributed by atoms with E-state index in [2.05, 4.69) is 41.5 Å². The van der Waals surface area contributed by atoms with Gasteiger partial charge in [0, 0.05) is 12.0 Å². The number of hydrogen-bond acceptors (Lipinski definition) is 3. The van der Waals surface area contributed by atoms with E-state index in [-0.39, 0.29) is 29.8 Å². The third-order valence-corrected chi connectivity index (χ3v) is 4.90. The van der Waals surface area contributed by atoms with Gasteiger partial charge < -0.3 is 10.6 Å². The summed E-state index contributed by atoms with van der Waals surface area (Å²) in [4.78, 5) is 26.8. The summed E-state index contributed by atoms with van der Waals surface area (Å²) < 4.78 is 0. The van der Waals surface area contributed by atoms with Crippen molar-refractivity contribution in [2.75, 3.05) is 19.6 Å². The van der Waals surface area contributed by atoms with E-state index in [0.29, 0.717) is 12.5 Å². The van der Waals surface area contributed by atoms with Crippen molar-refractivity contribution in [2.45, 2.75) is 52.6 Å². The lowest BCUT2D eigenvalue weighted by molar-refractivity contribution is -0.127. The fourth-order valence-electron chi connectivity index (χ4n) is 3.47. The summed E-state index contributed by atoms with van der Waals surface area (Å²) in [5.41, 5.74) is 1.14. The number of rotatable bonds is 7. The zero-order chi connectivity index (χ0) is 19.1. The minimum atomic E-state index is 0.0260. The molecule has 1 aliphatic rings. The van der Waals surface area contributed by atoms with E-state index in [0.717, 1.165) is 31.5 Å². The second-order valence-corrected chi connectivity index (χ2v) is 7.91. The Bertz CT molecular complexity index is 578. The second-order valence-electron chi connectivity index (χ2n) is 7.91. The molecule has 144 valence electrons. The average Bonchev–Trinajstić information content (AvgIpc) is 2.60. The Balaban J connectivity index is 1.82. The van der Waals surface area contributed by atoms with Gasteiger partial charge in [-0.3, -0.25) is 14.5 Å². The summed E-state index contributed by atoms with van der Waals surface area (Å²) in [5, 5.41) is 6.17. The molecular formula is C21H33N3O2. The quantitative estimate of drug-likeness (QED) is 0.787. The number of amides is 2. The van der Waals surface area contributed by atoms with Gasteiger partial charge in [0.05, 0.1) is 12.6 Å². The number of carbonyl (C=O) groups excluding carboxylic acids is 2. The molecule has 1 fully saturated rings. The van der Waals surface area contributed by atoms with Gasteiger partial charge in [0.25, 0.3) is 0 Å². The highest BCUT2D eigenvalue weighted by molar-refractivity contribution is 5.79. The van der Waals surface area contributed by atoms with E-state index in [1.54, 1.807) is 0 Å². The second kappa shape index (κ2) is 9.72. The number of piperidine rings is 1. The van der Waals surface area contributed by atoms with Crippen LogP contribution in [0.5, 0.6) is 0 Å². The standard InChI is InChI=1S/C21H33N3O2/c1-15(2)20(17-8-6-5-7-9-17)23-19(25)14-24-12-10-18(11-13-24)21(26)22-16(3)4/h5-9,15-16,18,20H,10-14H2,1-4H3,(H,22,26)(H,23,25). The number of hydrogen-bond donors (Lipinski definition) is 2. The minimum absolute atomic E-state index is 0.0260. The topological polar surface area (TPSA) is 61.4 Å². The lowest BCUT2D eigenvalue weighted by Gasteiger charge is -2.32. The van der Waals surface area contributed by atoms with Crippen molar-refractivity contribution < 1.29 is 9.59 Å². The van der Waals surface area contributed by atoms with Crippen LogP contribution >= 0.6 is 0 Å². The molecule has 0 radical (unpaired) electrons. The molecule has 26 heavy (non-hydrogen) atoms. The third-order valence-electron chi connectivity index (χ3n) is 4.90. The maximum Gasteiger partial charge on any atom is 0.234 e. The molecule has 1 saturated heterocycles. The van der Waals surface area contributed by atoms with Crippen molar-refractivity contribution in [3.63, 3.8) is 0 Å². The van der Waals surface area contributed by atoms with Crippen molar-refractivity contribution >= 4 is 11.8 Å². The Labute approximate surface area is 157 Å². The molecule has 1 aromatic carbocycles. The van der Waals surface area contributed by atoms with Gasteiger partial charge in [0.15, 0.2) is 0 Å². The van der Waals surface area contributed by atoms with E-state index in [1.807, 2.05) is 32.0 Å². The zero-order valence-electron chi connectivity index (χ0n) is 16.5. The SMILES string of the molecule is CC(C)NC(=O)C1CCN(CC(=O)NC(c2ccccc2)C(C)C)CC1. The van der Waals surface area contributed by atoms with Crippen molar-refractivity contribution in [3.8, 4) is 0 Å². The van der Waals surface area contributed by atoms with Crippen molar-refractivity contribution in [3.05, 3.63) is 35.9 Å². The van der Waals surface area contributed by atoms with Crippen LogP contribution in [0.25, 0.3) is 0 Å². The maximum atomic E-state index is 12.5. The van der Waals surface area contributed by atoms with Crippen LogP contribution in [0.1, 0.15) is 52.1 Å². The monoisotopic (exact) mass is 359 g/mol. The molecule has 1 heterocycles. The number of benzene rings is 1. The molecule has 1 aromatic rings. The number of carbonyl (C=O) groups is 2. The summed E-state index contributed by atoms with van der Waals surface area (Å²) in [5.74, 6) is 0.599. The molecule has 5 heteroatoms. The van der Waals surface area contributed by atoms with Gasteiger partial charge in [-0.05, 0) is 51.3 Å². The molecule has 0 saturated carbocycles. The van der Waals surface area contributed by atoms with Crippen LogP contribution in [-0.2, 0) is 9.59 Å². The summed E-state index contributed by atoms with van der Waals surface area (Å²) >= 11 is 0. The molecule has 0 spiro atoms. The van der Waals surface area contributed by atoms with E-state index in [9.17, 15) is 9.59 Å². The largest absolute Gasteiger partial charge is 0.354 e. The minimum Gasteiger partial charge on any atom is -0.354 e. The lowest BCUT2D eigenvalue weighted by Crippen LogP contribution is -2.46. The van der Waals surface area contributed by atoms with E-state index >= 15 is 0 Å². The van der Waals surface area contributed by atoms with Gasteiger partial charge in [-0.25, -0.2) is 0 Å². The maximum absolute atomic E-state index is 12.5. The Hall–Kier alpha value is -1.88. The van der Waals surface area contributed by atoms with Crippen LogP contribution in [0, 0.1) is 11.8 Å². The molecule has 2 rings (SSSR count). The summed E-state index contributed by atoms with van der Waals surface area (Å²) in [6, 6.07) is 10.3. The van der Waals surface area contributed by atoms with E-state index in [4.69, 9.17) is 0 Å². The molecule has 2 amide bonds. The van der Waals surface area contributed by atoms with Crippen LogP contribution in [-0.4, -0.2) is 42.4 Å². The molecule has 0 aromatic heterocycles. The number of nitrogens with zero attached hydrogens (tertiary/aromatic N) is 1. The van der Waals surface area contributed by atoms with Gasteiger partial charge in [0.2, 0.25) is 11.8 Å². The van der Waals surface area contributed by atoms with Gasteiger partial charge in [-0.15, -0.1) is 0 Å². The van der Waals surface area contributed by atoms with Crippen molar-refractivity contribution in [1.29, 1.82) is 0 Å². The summed E-state index contributed by atoms with van der Waals surface area (Å²) in [7, 11) is 0. The van der Waals surface area contributed by atoms with Crippen LogP contribution in [0.15, 0.2) is 30.3 Å². The van der Waals surface area contributed by atoms with Crippen LogP contribution in [0.3, 0.4) is 0 Å². The smallest absolute Gasteiger partial charge is 0.234 e. The molecule has 1 unspecified atom stereocenters. The fraction of sp³-hybridized carbons (Fsp3) is 0.619. The van der Waals surface area contributed by atoms with Crippen molar-refractivity contribution in [1.82, 2.24) is 15.5 Å². The molecular weight excluding hydrogens is 326 g/mol. The highest BCUT2D eigenvalue weighted by Gasteiger charge is 2.27. The fourth-order valence-corrected chi connectivity index (χ4v) is 3.47. The van der Waals surface area contributed by atoms with Crippen molar-refractivity contribution in [2.24, 2.45) is 11.8 Å². The highest BCUT2D eigenvalue weighted by Crippen LogP contribution is 2.22. The predicted octanol–water partition coefficient (Wildman–Crippen LogP) is 2.74. The third kappa shape index (κ3) is 6.13. The van der Waals surface area contributed by atoms with Gasteiger partial charge >= 0.3 is 0 Å². The van der Waals surface area contributed by atoms with Gasteiger partial charge in [0.1, 0.15) is 0 Å². The van der Waals surface area contributed by atoms with Gasteiger partial charge in [-0.1, -0.05) is 44.2 Å². The molecule has 2 N–H and O–H groups in total. The first kappa shape index (κ1) is 20.4. The first-order chi connectivity index (χ1) is 12.4. The molecule has 5 nitrogen and oxygen atoms in total. The Morgan fingerprint density at radius 2 is 1.65 bits per heavy atom. The Kier molecular flexibility index (Phi) is 7.64. The lowest BCUT2D eigenvalue weighted by atomic mass is 9.95.